The van der Waals surface area contributed by atoms with Crippen LogP contribution in [0, 0.1) is 0 Å². The van der Waals surface area contributed by atoms with Gasteiger partial charge in [0.2, 0.25) is 0 Å². The van der Waals surface area contributed by atoms with E-state index in [0.717, 1.165) is 24.0 Å². The van der Waals surface area contributed by atoms with E-state index in [0.29, 0.717) is 6.10 Å². The molecule has 1 aromatic rings. The van der Waals surface area contributed by atoms with Crippen molar-refractivity contribution in [1.29, 1.82) is 0 Å². The van der Waals surface area contributed by atoms with E-state index >= 15 is 0 Å². The first-order valence-electron chi connectivity index (χ1n) is 6.14. The van der Waals surface area contributed by atoms with E-state index in [9.17, 15) is 0 Å². The predicted octanol–water partition coefficient (Wildman–Crippen LogP) is 2.64. The molecule has 2 aliphatic rings. The van der Waals surface area contributed by atoms with E-state index in [1.807, 2.05) is 6.20 Å². The quantitative estimate of drug-likeness (QED) is 0.875. The third kappa shape index (κ3) is 2.44. The summed E-state index contributed by atoms with van der Waals surface area (Å²) in [7, 11) is 0. The fourth-order valence-corrected chi connectivity index (χ4v) is 3.01. The Kier molecular flexibility index (Phi) is 2.96. The molecule has 16 heavy (non-hydrogen) atoms. The number of hydrogen-bond acceptors (Lipinski definition) is 4. The van der Waals surface area contributed by atoms with Crippen molar-refractivity contribution >= 4 is 11.3 Å². The van der Waals surface area contributed by atoms with Crippen LogP contribution in [0.25, 0.3) is 0 Å². The Morgan fingerprint density at radius 3 is 3.00 bits per heavy atom. The van der Waals surface area contributed by atoms with Crippen LogP contribution in [0.1, 0.15) is 48.6 Å². The molecule has 1 saturated heterocycles. The van der Waals surface area contributed by atoms with Crippen LogP contribution in [0.4, 0.5) is 0 Å². The van der Waals surface area contributed by atoms with E-state index in [4.69, 9.17) is 4.74 Å². The highest BCUT2D eigenvalue weighted by atomic mass is 32.1. The lowest BCUT2D eigenvalue weighted by molar-refractivity contribution is 0.0554. The Bertz CT molecular complexity index is 362. The Labute approximate surface area is 100 Å². The smallest absolute Gasteiger partial charge is 0.122 e. The van der Waals surface area contributed by atoms with Gasteiger partial charge in [-0.1, -0.05) is 0 Å². The Morgan fingerprint density at radius 1 is 1.44 bits per heavy atom. The van der Waals surface area contributed by atoms with Gasteiger partial charge in [-0.2, -0.15) is 0 Å². The van der Waals surface area contributed by atoms with Crippen molar-refractivity contribution in [3.05, 3.63) is 16.1 Å². The van der Waals surface area contributed by atoms with Gasteiger partial charge in [0.1, 0.15) is 11.1 Å². The molecule has 1 aliphatic carbocycles. The second-order valence-corrected chi connectivity index (χ2v) is 5.98. The lowest BCUT2D eigenvalue weighted by atomic mass is 10.2. The van der Waals surface area contributed by atoms with Gasteiger partial charge < -0.3 is 10.1 Å². The second kappa shape index (κ2) is 4.43. The standard InChI is InChI=1S/C12H18N2OS/c1-8-2-5-11(15-8)12-14-7-10(16-12)6-13-9-3-4-9/h7-9,11,13H,2-6H2,1H3. The first-order valence-corrected chi connectivity index (χ1v) is 6.96. The minimum atomic E-state index is 0.259. The third-order valence-electron chi connectivity index (χ3n) is 3.22. The Balaban J connectivity index is 1.58. The lowest BCUT2D eigenvalue weighted by Gasteiger charge is -2.06. The summed E-state index contributed by atoms with van der Waals surface area (Å²) >= 11 is 1.80. The zero-order valence-electron chi connectivity index (χ0n) is 9.61. The van der Waals surface area contributed by atoms with Crippen LogP contribution < -0.4 is 5.32 Å². The van der Waals surface area contributed by atoms with Crippen LogP contribution in [-0.2, 0) is 11.3 Å². The summed E-state index contributed by atoms with van der Waals surface area (Å²) < 4.78 is 5.83. The van der Waals surface area contributed by atoms with E-state index in [-0.39, 0.29) is 6.10 Å². The minimum Gasteiger partial charge on any atom is -0.368 e. The van der Waals surface area contributed by atoms with Gasteiger partial charge in [-0.3, -0.25) is 0 Å². The molecule has 1 saturated carbocycles. The van der Waals surface area contributed by atoms with Gasteiger partial charge in [0.25, 0.3) is 0 Å². The number of aromatic nitrogens is 1. The third-order valence-corrected chi connectivity index (χ3v) is 4.31. The topological polar surface area (TPSA) is 34.2 Å². The minimum absolute atomic E-state index is 0.259. The van der Waals surface area contributed by atoms with Gasteiger partial charge in [-0.25, -0.2) is 4.98 Å². The number of ether oxygens (including phenoxy) is 1. The molecule has 2 atom stereocenters. The maximum absolute atomic E-state index is 5.83. The molecule has 0 radical (unpaired) electrons. The summed E-state index contributed by atoms with van der Waals surface area (Å²) in [6.07, 6.45) is 7.65. The molecule has 3 nitrogen and oxygen atoms in total. The van der Waals surface area contributed by atoms with Crippen LogP contribution in [0.3, 0.4) is 0 Å². The number of nitrogens with zero attached hydrogens (tertiary/aromatic N) is 1. The molecular weight excluding hydrogens is 220 g/mol. The van der Waals surface area contributed by atoms with Crippen LogP contribution in [0.5, 0.6) is 0 Å². The Hall–Kier alpha value is -0.450. The molecule has 2 heterocycles. The lowest BCUT2D eigenvalue weighted by Crippen LogP contribution is -2.14. The number of hydrogen-bond donors (Lipinski definition) is 1. The molecule has 2 fully saturated rings. The van der Waals surface area contributed by atoms with Gasteiger partial charge in [0.15, 0.2) is 0 Å². The van der Waals surface area contributed by atoms with E-state index < -0.39 is 0 Å². The van der Waals surface area contributed by atoms with Crippen LogP contribution in [0.15, 0.2) is 6.20 Å². The first kappa shape index (κ1) is 10.7. The van der Waals surface area contributed by atoms with Crippen molar-refractivity contribution in [3.8, 4) is 0 Å². The van der Waals surface area contributed by atoms with E-state index in [1.54, 1.807) is 11.3 Å². The van der Waals surface area contributed by atoms with Crippen molar-refractivity contribution in [2.75, 3.05) is 0 Å². The fourth-order valence-electron chi connectivity index (χ4n) is 2.07. The zero-order chi connectivity index (χ0) is 11.0. The number of thiazole rings is 1. The highest BCUT2D eigenvalue weighted by Gasteiger charge is 2.26. The number of nitrogens with one attached hydrogen (secondary N) is 1. The van der Waals surface area contributed by atoms with Crippen molar-refractivity contribution in [3.63, 3.8) is 0 Å². The number of rotatable bonds is 4. The SMILES string of the molecule is CC1CCC(c2ncc(CNC3CC3)s2)O1. The first-order chi connectivity index (χ1) is 7.81. The molecule has 1 aromatic heterocycles. The van der Waals surface area contributed by atoms with Crippen LogP contribution in [0.2, 0.25) is 0 Å². The normalized spacial score (nSPS) is 29.8. The van der Waals surface area contributed by atoms with Gasteiger partial charge >= 0.3 is 0 Å². The molecule has 0 amide bonds. The predicted molar refractivity (Wildman–Crippen MR) is 64.5 cm³/mol. The Morgan fingerprint density at radius 2 is 2.31 bits per heavy atom. The second-order valence-electron chi connectivity index (χ2n) is 4.83. The molecule has 1 aliphatic heterocycles. The van der Waals surface area contributed by atoms with Gasteiger partial charge in [-0.15, -0.1) is 11.3 Å². The fraction of sp³-hybridized carbons (Fsp3) is 0.750. The zero-order valence-corrected chi connectivity index (χ0v) is 10.4. The summed E-state index contributed by atoms with van der Waals surface area (Å²) in [4.78, 5) is 5.82. The van der Waals surface area contributed by atoms with Gasteiger partial charge in [-0.05, 0) is 32.6 Å². The maximum Gasteiger partial charge on any atom is 0.122 e. The van der Waals surface area contributed by atoms with Crippen molar-refractivity contribution in [1.82, 2.24) is 10.3 Å². The molecular formula is C12H18N2OS. The molecule has 0 aromatic carbocycles. The monoisotopic (exact) mass is 238 g/mol. The molecule has 4 heteroatoms. The van der Waals surface area contributed by atoms with Crippen molar-refractivity contribution < 1.29 is 4.74 Å². The molecule has 1 N–H and O–H groups in total. The summed E-state index contributed by atoms with van der Waals surface area (Å²) in [5.41, 5.74) is 0. The molecule has 0 bridgehead atoms. The molecule has 88 valence electrons. The van der Waals surface area contributed by atoms with Crippen LogP contribution in [-0.4, -0.2) is 17.1 Å². The summed E-state index contributed by atoms with van der Waals surface area (Å²) in [5, 5.41) is 4.68. The van der Waals surface area contributed by atoms with Gasteiger partial charge in [0, 0.05) is 23.7 Å². The largest absolute Gasteiger partial charge is 0.368 e. The summed E-state index contributed by atoms with van der Waals surface area (Å²) in [5.74, 6) is 0. The summed E-state index contributed by atoms with van der Waals surface area (Å²) in [6.45, 7) is 3.12. The highest BCUT2D eigenvalue weighted by Crippen LogP contribution is 2.34. The van der Waals surface area contributed by atoms with E-state index in [1.165, 1.54) is 24.1 Å². The molecule has 3 rings (SSSR count). The average molecular weight is 238 g/mol. The molecule has 0 spiro atoms. The average Bonchev–Trinajstić information content (AvgIpc) is 2.81. The molecule has 2 unspecified atom stereocenters. The highest BCUT2D eigenvalue weighted by molar-refractivity contribution is 7.11. The maximum atomic E-state index is 5.83. The van der Waals surface area contributed by atoms with Gasteiger partial charge in [0.05, 0.1) is 6.10 Å². The van der Waals surface area contributed by atoms with Crippen LogP contribution >= 0.6 is 11.3 Å². The van der Waals surface area contributed by atoms with Crippen molar-refractivity contribution in [2.24, 2.45) is 0 Å². The summed E-state index contributed by atoms with van der Waals surface area (Å²) in [6, 6.07) is 0.772. The van der Waals surface area contributed by atoms with Crippen molar-refractivity contribution in [2.45, 2.75) is 57.4 Å². The van der Waals surface area contributed by atoms with E-state index in [2.05, 4.69) is 17.2 Å².